The zero-order chi connectivity index (χ0) is 47.9. The number of halogens is 2. The number of benzene rings is 5. The minimum Gasteiger partial charge on any atom is -0.505 e. The Labute approximate surface area is 385 Å². The average Bonchev–Trinajstić information content (AvgIpc) is 3.88. The molecule has 0 saturated heterocycles. The van der Waals surface area contributed by atoms with Gasteiger partial charge in [0, 0.05) is 61.5 Å². The Morgan fingerprint density at radius 1 is 0.642 bits per heavy atom. The van der Waals surface area contributed by atoms with E-state index in [-0.39, 0.29) is 59.6 Å². The predicted molar refractivity (Wildman–Crippen MR) is 250 cm³/mol. The molecule has 2 amide bonds. The summed E-state index contributed by atoms with van der Waals surface area (Å²) >= 11 is 0. The number of anilines is 2. The molecule has 0 atom stereocenters. The molecule has 0 spiro atoms. The Morgan fingerprint density at radius 3 is 1.55 bits per heavy atom. The molecule has 5 aromatic carbocycles. The van der Waals surface area contributed by atoms with Crippen molar-refractivity contribution in [1.29, 1.82) is 0 Å². The van der Waals surface area contributed by atoms with Crippen LogP contribution in [0.2, 0.25) is 0 Å². The first-order chi connectivity index (χ1) is 31.8. The highest BCUT2D eigenvalue weighted by atomic mass is 32.2. The molecule has 9 rings (SSSR count). The molecule has 67 heavy (non-hydrogen) atoms. The minimum absolute atomic E-state index is 0.0433. The van der Waals surface area contributed by atoms with Crippen LogP contribution in [-0.4, -0.2) is 77.4 Å². The Morgan fingerprint density at radius 2 is 1.07 bits per heavy atom. The molecule has 346 valence electrons. The van der Waals surface area contributed by atoms with E-state index < -0.39 is 26.0 Å². The van der Waals surface area contributed by atoms with E-state index in [1.54, 1.807) is 49.8 Å². The van der Waals surface area contributed by atoms with E-state index in [2.05, 4.69) is 20.6 Å². The number of fused-ring (bicyclic) bond motifs is 4. The smallest absolute Gasteiger partial charge is 0.255 e. The molecule has 0 radical (unpaired) electrons. The summed E-state index contributed by atoms with van der Waals surface area (Å²) in [6, 6.07) is 23.2. The SMILES string of the molecule is CN(c1c2c(c(O)c3ncc(Cc4ccc(F)cc4)cc13)C(=O)NC2)S(C)(=O)=O.COc1ccc(COc2c3c(c(N(C)S(C)(=O)=O)c4cc(Cc5ccc(F)cc5)cnc24)CNC3=O)cc1. The van der Waals surface area contributed by atoms with Gasteiger partial charge in [-0.25, -0.2) is 25.6 Å². The van der Waals surface area contributed by atoms with Gasteiger partial charge >= 0.3 is 0 Å². The van der Waals surface area contributed by atoms with Crippen LogP contribution in [0.1, 0.15) is 59.7 Å². The molecule has 7 aromatic rings. The van der Waals surface area contributed by atoms with Crippen molar-refractivity contribution >= 4 is 65.0 Å². The molecule has 4 heterocycles. The number of methoxy groups -OCH3 is 1. The molecular formula is C48H44F2N6O9S2. The number of aromatic hydroxyl groups is 1. The summed E-state index contributed by atoms with van der Waals surface area (Å²) in [6.07, 6.45) is 6.30. The molecule has 0 fully saturated rings. The van der Waals surface area contributed by atoms with Gasteiger partial charge in [0.25, 0.3) is 11.8 Å². The van der Waals surface area contributed by atoms with Crippen LogP contribution in [0.5, 0.6) is 17.2 Å². The zero-order valence-corrected chi connectivity index (χ0v) is 38.5. The number of phenols is 1. The minimum atomic E-state index is -3.67. The standard InChI is InChI=1S/C28H26FN3O5S.C20H18FN3O4S/c1-32(38(3,34)35)26-22-13-19(12-17-4-8-20(29)9-5-17)14-30-25(22)27(24-23(26)15-31-28(24)33)37-16-18-6-10-21(36-2)11-7-18;1-24(29(2,27)28)18-14-8-12(7-11-3-5-13(21)6-4-11)9-22-17(14)19(25)16-15(18)10-23-20(16)26/h4-11,13-14H,12,15-16H2,1-3H3,(H,31,33);3-6,8-9,25H,7,10H2,1-2H3,(H,23,26). The fraction of sp³-hybridized carbons (Fsp3) is 0.208. The van der Waals surface area contributed by atoms with Crippen molar-refractivity contribution < 1.29 is 49.8 Å². The first-order valence-electron chi connectivity index (χ1n) is 20.6. The molecule has 19 heteroatoms. The summed E-state index contributed by atoms with van der Waals surface area (Å²) < 4.78 is 90.0. The number of carbonyl (C=O) groups excluding carboxylic acids is 2. The number of rotatable bonds is 12. The molecule has 2 aliphatic rings. The molecule has 3 N–H and O–H groups in total. The van der Waals surface area contributed by atoms with Gasteiger partial charge in [-0.3, -0.25) is 28.2 Å². The van der Waals surface area contributed by atoms with Gasteiger partial charge in [0.1, 0.15) is 35.0 Å². The van der Waals surface area contributed by atoms with Gasteiger partial charge in [0.2, 0.25) is 20.0 Å². The second-order valence-electron chi connectivity index (χ2n) is 16.1. The van der Waals surface area contributed by atoms with Crippen LogP contribution in [0, 0.1) is 11.6 Å². The van der Waals surface area contributed by atoms with Crippen molar-refractivity contribution in [1.82, 2.24) is 20.6 Å². The molecule has 15 nitrogen and oxygen atoms in total. The van der Waals surface area contributed by atoms with Gasteiger partial charge in [-0.15, -0.1) is 0 Å². The third-order valence-corrected chi connectivity index (χ3v) is 13.9. The third-order valence-electron chi connectivity index (χ3n) is 11.6. The quantitative estimate of drug-likeness (QED) is 0.121. The number of aromatic nitrogens is 2. The second-order valence-corrected chi connectivity index (χ2v) is 20.2. The topological polar surface area (TPSA) is 197 Å². The number of amides is 2. The maximum atomic E-state index is 13.4. The summed E-state index contributed by atoms with van der Waals surface area (Å²) in [7, 11) is -2.85. The maximum Gasteiger partial charge on any atom is 0.255 e. The van der Waals surface area contributed by atoms with Gasteiger partial charge in [-0.05, 0) is 89.2 Å². The van der Waals surface area contributed by atoms with Crippen LogP contribution in [0.25, 0.3) is 21.8 Å². The summed E-state index contributed by atoms with van der Waals surface area (Å²) in [5.41, 5.74) is 6.60. The van der Waals surface area contributed by atoms with E-state index in [9.17, 15) is 40.3 Å². The number of hydrogen-bond acceptors (Lipinski definition) is 11. The zero-order valence-electron chi connectivity index (χ0n) is 36.8. The van der Waals surface area contributed by atoms with Gasteiger partial charge < -0.3 is 25.2 Å². The van der Waals surface area contributed by atoms with E-state index in [4.69, 9.17) is 9.47 Å². The van der Waals surface area contributed by atoms with E-state index in [0.29, 0.717) is 63.1 Å². The van der Waals surface area contributed by atoms with Gasteiger partial charge in [-0.1, -0.05) is 36.4 Å². The molecule has 0 saturated carbocycles. The molecule has 0 bridgehead atoms. The third kappa shape index (κ3) is 9.37. The van der Waals surface area contributed by atoms with Gasteiger partial charge in [-0.2, -0.15) is 0 Å². The lowest BCUT2D eigenvalue weighted by atomic mass is 9.98. The van der Waals surface area contributed by atoms with E-state index in [0.717, 1.165) is 44.6 Å². The van der Waals surface area contributed by atoms with Crippen LogP contribution >= 0.6 is 0 Å². The highest BCUT2D eigenvalue weighted by molar-refractivity contribution is 7.92. The first kappa shape index (κ1) is 46.2. The number of pyridine rings is 2. The predicted octanol–water partition coefficient (Wildman–Crippen LogP) is 6.50. The lowest BCUT2D eigenvalue weighted by molar-refractivity contribution is 0.0954. The summed E-state index contributed by atoms with van der Waals surface area (Å²) in [6.45, 7) is 0.425. The first-order valence-corrected chi connectivity index (χ1v) is 24.3. The van der Waals surface area contributed by atoms with Crippen molar-refractivity contribution in [2.75, 3.05) is 42.3 Å². The van der Waals surface area contributed by atoms with Crippen molar-refractivity contribution in [3.63, 3.8) is 0 Å². The van der Waals surface area contributed by atoms with Crippen molar-refractivity contribution in [2.45, 2.75) is 32.5 Å². The lowest BCUT2D eigenvalue weighted by Crippen LogP contribution is -2.26. The number of carbonyl (C=O) groups is 2. The highest BCUT2D eigenvalue weighted by Gasteiger charge is 2.35. The molecule has 2 aliphatic heterocycles. The Hall–Kier alpha value is -7.38. The van der Waals surface area contributed by atoms with E-state index >= 15 is 0 Å². The number of phenolic OH excluding ortho intramolecular Hbond substituents is 1. The van der Waals surface area contributed by atoms with Gasteiger partial charge in [0.05, 0.1) is 42.1 Å². The fourth-order valence-corrected chi connectivity index (χ4v) is 9.19. The normalized spacial score (nSPS) is 13.1. The van der Waals surface area contributed by atoms with Crippen LogP contribution < -0.4 is 28.7 Å². The largest absolute Gasteiger partial charge is 0.505 e. The summed E-state index contributed by atoms with van der Waals surface area (Å²) in [5, 5.41) is 17.0. The Bertz CT molecular complexity index is 3340. The monoisotopic (exact) mass is 950 g/mol. The molecular weight excluding hydrogens is 907 g/mol. The summed E-state index contributed by atoms with van der Waals surface area (Å²) in [4.78, 5) is 34.1. The van der Waals surface area contributed by atoms with Crippen LogP contribution in [0.3, 0.4) is 0 Å². The molecule has 0 unspecified atom stereocenters. The highest BCUT2D eigenvalue weighted by Crippen LogP contribution is 2.45. The van der Waals surface area contributed by atoms with Gasteiger partial charge in [0.15, 0.2) is 11.5 Å². The van der Waals surface area contributed by atoms with Crippen LogP contribution in [-0.2, 0) is 52.6 Å². The Balaban J connectivity index is 0.000000188. The lowest BCUT2D eigenvalue weighted by Gasteiger charge is -2.24. The van der Waals surface area contributed by atoms with Crippen molar-refractivity contribution in [3.8, 4) is 17.2 Å². The van der Waals surface area contributed by atoms with Crippen LogP contribution in [0.15, 0.2) is 97.3 Å². The second kappa shape index (κ2) is 18.1. The summed E-state index contributed by atoms with van der Waals surface area (Å²) in [5.74, 6) is -0.757. The maximum absolute atomic E-state index is 13.4. The number of nitrogens with zero attached hydrogens (tertiary/aromatic N) is 4. The van der Waals surface area contributed by atoms with E-state index in [1.165, 1.54) is 42.7 Å². The Kier molecular flexibility index (Phi) is 12.5. The number of ether oxygens (including phenoxy) is 2. The van der Waals surface area contributed by atoms with Crippen molar-refractivity contribution in [3.05, 3.63) is 159 Å². The number of nitrogens with one attached hydrogen (secondary N) is 2. The number of sulfonamides is 2. The number of hydrogen-bond donors (Lipinski definition) is 3. The van der Waals surface area contributed by atoms with Crippen molar-refractivity contribution in [2.24, 2.45) is 0 Å². The van der Waals surface area contributed by atoms with Crippen LogP contribution in [0.4, 0.5) is 20.2 Å². The molecule has 0 aliphatic carbocycles. The molecule has 2 aromatic heterocycles. The average molecular weight is 951 g/mol. The fourth-order valence-electron chi connectivity index (χ4n) is 8.11. The van der Waals surface area contributed by atoms with E-state index in [1.807, 2.05) is 30.3 Å².